The van der Waals surface area contributed by atoms with Gasteiger partial charge in [-0.25, -0.2) is 14.6 Å². The Kier molecular flexibility index (Phi) is 7.59. The van der Waals surface area contributed by atoms with Crippen molar-refractivity contribution in [2.75, 3.05) is 7.11 Å². The zero-order valence-corrected chi connectivity index (χ0v) is 20.1. The number of aromatic nitrogens is 5. The fourth-order valence-electron chi connectivity index (χ4n) is 2.59. The molecule has 0 aliphatic heterocycles. The van der Waals surface area contributed by atoms with Crippen molar-refractivity contribution in [3.05, 3.63) is 47.1 Å². The van der Waals surface area contributed by atoms with E-state index in [0.717, 1.165) is 4.47 Å². The third-order valence-corrected chi connectivity index (χ3v) is 4.48. The van der Waals surface area contributed by atoms with Gasteiger partial charge >= 0.3 is 12.1 Å². The summed E-state index contributed by atoms with van der Waals surface area (Å²) in [5.74, 6) is 0.724. The number of esters is 1. The molecule has 3 aromatic rings. The zero-order valence-electron chi connectivity index (χ0n) is 18.5. The van der Waals surface area contributed by atoms with E-state index in [-0.39, 0.29) is 6.54 Å². The molecule has 1 amide bonds. The van der Waals surface area contributed by atoms with Crippen LogP contribution < -0.4 is 10.1 Å². The number of nitrogens with one attached hydrogen (secondary N) is 1. The maximum Gasteiger partial charge on any atom is 0.408 e. The predicted molar refractivity (Wildman–Crippen MR) is 120 cm³/mol. The largest absolute Gasteiger partial charge is 0.467 e. The highest BCUT2D eigenvalue weighted by Crippen LogP contribution is 2.23. The summed E-state index contributed by atoms with van der Waals surface area (Å²) in [5, 5.41) is 14.7. The van der Waals surface area contributed by atoms with Gasteiger partial charge in [0.15, 0.2) is 6.04 Å². The summed E-state index contributed by atoms with van der Waals surface area (Å²) in [6.45, 7) is 5.07. The molecule has 1 atom stereocenters. The number of rotatable bonds is 7. The summed E-state index contributed by atoms with van der Waals surface area (Å²) in [7, 11) is 1.22. The molecule has 0 saturated heterocycles. The molecule has 12 heteroatoms. The normalized spacial score (nSPS) is 12.0. The minimum Gasteiger partial charge on any atom is -0.467 e. The number of methoxy groups -OCH3 is 1. The van der Waals surface area contributed by atoms with Crippen LogP contribution in [0.15, 0.2) is 47.1 Å². The first-order valence-electron chi connectivity index (χ1n) is 9.88. The molecule has 0 radical (unpaired) electrons. The van der Waals surface area contributed by atoms with Crippen LogP contribution in [0.4, 0.5) is 4.79 Å². The maximum atomic E-state index is 12.1. The van der Waals surface area contributed by atoms with Crippen molar-refractivity contribution in [3.63, 3.8) is 0 Å². The minimum atomic E-state index is -1.05. The number of carbonyl (C=O) groups excluding carboxylic acids is 2. The molecule has 11 nitrogen and oxygen atoms in total. The molecular formula is C21H23BrN6O5. The molecule has 0 bridgehead atoms. The first kappa shape index (κ1) is 24.1. The molecule has 1 aromatic carbocycles. The standard InChI is InChI=1S/C21H23BrN6O5/c1-21(2,3)33-20(30)24-16(19(29)31-4)12-28-26-18(25-27-28)13-5-8-15(9-6-13)32-17-10-7-14(22)11-23-17/h5-11,16H,12H2,1-4H3,(H,24,30)/t16-/m0/s1. The van der Waals surface area contributed by atoms with E-state index in [0.29, 0.717) is 23.0 Å². The van der Waals surface area contributed by atoms with Gasteiger partial charge in [-0.2, -0.15) is 4.80 Å². The van der Waals surface area contributed by atoms with Gasteiger partial charge in [0.25, 0.3) is 0 Å². The second kappa shape index (κ2) is 10.4. The van der Waals surface area contributed by atoms with Crippen LogP contribution >= 0.6 is 15.9 Å². The number of ether oxygens (including phenoxy) is 3. The zero-order chi connectivity index (χ0) is 24.0. The van der Waals surface area contributed by atoms with Gasteiger partial charge in [0.05, 0.1) is 13.7 Å². The summed E-state index contributed by atoms with van der Waals surface area (Å²) in [6, 6.07) is 9.56. The van der Waals surface area contributed by atoms with Crippen molar-refractivity contribution >= 4 is 28.0 Å². The molecular weight excluding hydrogens is 496 g/mol. The van der Waals surface area contributed by atoms with Crippen LogP contribution in [-0.4, -0.2) is 56.0 Å². The fourth-order valence-corrected chi connectivity index (χ4v) is 2.82. The molecule has 174 valence electrons. The van der Waals surface area contributed by atoms with Gasteiger partial charge in [0.2, 0.25) is 11.7 Å². The van der Waals surface area contributed by atoms with E-state index in [2.05, 4.69) is 41.6 Å². The van der Waals surface area contributed by atoms with Crippen molar-refractivity contribution < 1.29 is 23.8 Å². The third kappa shape index (κ3) is 7.24. The van der Waals surface area contributed by atoms with E-state index >= 15 is 0 Å². The van der Waals surface area contributed by atoms with Crippen LogP contribution in [0.3, 0.4) is 0 Å². The lowest BCUT2D eigenvalue weighted by Gasteiger charge is -2.22. The number of pyridine rings is 1. The Labute approximate surface area is 198 Å². The summed E-state index contributed by atoms with van der Waals surface area (Å²) in [5.41, 5.74) is -0.0284. The lowest BCUT2D eigenvalue weighted by Crippen LogP contribution is -2.46. The Morgan fingerprint density at radius 1 is 1.15 bits per heavy atom. The van der Waals surface area contributed by atoms with Crippen molar-refractivity contribution in [3.8, 4) is 23.0 Å². The lowest BCUT2D eigenvalue weighted by molar-refractivity contribution is -0.143. The smallest absolute Gasteiger partial charge is 0.408 e. The molecule has 0 fully saturated rings. The highest BCUT2D eigenvalue weighted by Gasteiger charge is 2.26. The Hall–Kier alpha value is -3.54. The maximum absolute atomic E-state index is 12.1. The van der Waals surface area contributed by atoms with Gasteiger partial charge in [-0.3, -0.25) is 0 Å². The summed E-state index contributed by atoms with van der Waals surface area (Å²) < 4.78 is 16.5. The second-order valence-corrected chi connectivity index (χ2v) is 8.75. The van der Waals surface area contributed by atoms with Gasteiger partial charge in [-0.15, -0.1) is 10.2 Å². The molecule has 0 saturated carbocycles. The van der Waals surface area contributed by atoms with Gasteiger partial charge in [0, 0.05) is 22.3 Å². The molecule has 33 heavy (non-hydrogen) atoms. The number of benzene rings is 1. The second-order valence-electron chi connectivity index (χ2n) is 7.83. The summed E-state index contributed by atoms with van der Waals surface area (Å²) in [4.78, 5) is 29.5. The van der Waals surface area contributed by atoms with E-state index in [1.165, 1.54) is 11.9 Å². The Morgan fingerprint density at radius 2 is 1.88 bits per heavy atom. The highest BCUT2D eigenvalue weighted by molar-refractivity contribution is 9.10. The van der Waals surface area contributed by atoms with E-state index in [9.17, 15) is 9.59 Å². The summed E-state index contributed by atoms with van der Waals surface area (Å²) >= 11 is 3.33. The van der Waals surface area contributed by atoms with Gasteiger partial charge in [-0.1, -0.05) is 0 Å². The molecule has 0 unspecified atom stereocenters. The Bertz CT molecular complexity index is 1100. The van der Waals surface area contributed by atoms with E-state index < -0.39 is 23.7 Å². The SMILES string of the molecule is COC(=O)[C@H](Cn1nnc(-c2ccc(Oc3ccc(Br)cn3)cc2)n1)NC(=O)OC(C)(C)C. The lowest BCUT2D eigenvalue weighted by atomic mass is 10.2. The molecule has 0 aliphatic rings. The van der Waals surface area contributed by atoms with Crippen LogP contribution in [0.5, 0.6) is 11.6 Å². The number of halogens is 1. The molecule has 2 heterocycles. The molecule has 0 aliphatic carbocycles. The Morgan fingerprint density at radius 3 is 2.48 bits per heavy atom. The Balaban J connectivity index is 1.66. The highest BCUT2D eigenvalue weighted by atomic mass is 79.9. The minimum absolute atomic E-state index is 0.0879. The predicted octanol–water partition coefficient (Wildman–Crippen LogP) is 3.36. The first-order valence-corrected chi connectivity index (χ1v) is 10.7. The van der Waals surface area contributed by atoms with Crippen molar-refractivity contribution in [1.82, 2.24) is 30.5 Å². The number of nitrogens with zero attached hydrogens (tertiary/aromatic N) is 5. The number of hydrogen-bond acceptors (Lipinski definition) is 9. The number of alkyl carbamates (subject to hydrolysis) is 1. The van der Waals surface area contributed by atoms with Gasteiger partial charge < -0.3 is 19.5 Å². The van der Waals surface area contributed by atoms with Gasteiger partial charge in [-0.05, 0) is 72.2 Å². The third-order valence-electron chi connectivity index (χ3n) is 4.01. The molecule has 1 N–H and O–H groups in total. The van der Waals surface area contributed by atoms with Crippen LogP contribution in [-0.2, 0) is 20.8 Å². The van der Waals surface area contributed by atoms with E-state index in [4.69, 9.17) is 14.2 Å². The van der Waals surface area contributed by atoms with Crippen molar-refractivity contribution in [2.24, 2.45) is 0 Å². The van der Waals surface area contributed by atoms with Crippen LogP contribution in [0.1, 0.15) is 20.8 Å². The quantitative estimate of drug-likeness (QED) is 0.467. The molecule has 0 spiro atoms. The number of carbonyl (C=O) groups is 2. The van der Waals surface area contributed by atoms with Crippen LogP contribution in [0.2, 0.25) is 0 Å². The van der Waals surface area contributed by atoms with Crippen LogP contribution in [0.25, 0.3) is 11.4 Å². The number of hydrogen-bond donors (Lipinski definition) is 1. The first-order chi connectivity index (χ1) is 15.6. The van der Waals surface area contributed by atoms with E-state index in [1.54, 1.807) is 57.3 Å². The topological polar surface area (TPSA) is 130 Å². The van der Waals surface area contributed by atoms with Crippen LogP contribution in [0, 0.1) is 0 Å². The average molecular weight is 519 g/mol. The molecule has 2 aromatic heterocycles. The summed E-state index contributed by atoms with van der Waals surface area (Å²) in [6.07, 6.45) is 0.889. The van der Waals surface area contributed by atoms with E-state index in [1.807, 2.05) is 6.07 Å². The van der Waals surface area contributed by atoms with Crippen molar-refractivity contribution in [1.29, 1.82) is 0 Å². The monoisotopic (exact) mass is 518 g/mol. The average Bonchev–Trinajstić information content (AvgIpc) is 3.22. The number of amides is 1. The van der Waals surface area contributed by atoms with Gasteiger partial charge in [0.1, 0.15) is 11.4 Å². The fraction of sp³-hybridized carbons (Fsp3) is 0.333. The number of tetrazole rings is 1. The van der Waals surface area contributed by atoms with Crippen molar-refractivity contribution in [2.45, 2.75) is 39.0 Å². The molecule has 3 rings (SSSR count).